The Kier molecular flexibility index (Phi) is 6.31. The number of anilines is 2. The molecule has 3 aromatic rings. The maximum atomic E-state index is 13.2. The van der Waals surface area contributed by atoms with E-state index in [9.17, 15) is 4.79 Å². The maximum absolute atomic E-state index is 13.2. The van der Waals surface area contributed by atoms with Crippen molar-refractivity contribution in [1.29, 1.82) is 0 Å². The number of hydrogen-bond acceptors (Lipinski definition) is 7. The molecule has 2 N–H and O–H groups in total. The molecule has 1 aliphatic rings. The number of para-hydroxylation sites is 2. The van der Waals surface area contributed by atoms with Crippen molar-refractivity contribution in [3.63, 3.8) is 0 Å². The Hall–Kier alpha value is -2.58. The molecular formula is C21H22N4O2S2. The summed E-state index contributed by atoms with van der Waals surface area (Å²) in [5.74, 6) is 0.534. The molecule has 4 rings (SSSR count). The van der Waals surface area contributed by atoms with Gasteiger partial charge >= 0.3 is 0 Å². The molecule has 1 aromatic heterocycles. The first-order chi connectivity index (χ1) is 14.2. The van der Waals surface area contributed by atoms with Gasteiger partial charge in [0.2, 0.25) is 11.0 Å². The van der Waals surface area contributed by atoms with Crippen LogP contribution in [0.15, 0.2) is 58.9 Å². The molecule has 2 aromatic carbocycles. The number of aromatic nitrogens is 2. The molecule has 1 saturated carbocycles. The Morgan fingerprint density at radius 3 is 2.69 bits per heavy atom. The van der Waals surface area contributed by atoms with Gasteiger partial charge in [0, 0.05) is 6.04 Å². The molecular weight excluding hydrogens is 404 g/mol. The van der Waals surface area contributed by atoms with Gasteiger partial charge in [-0.05, 0) is 37.5 Å². The lowest BCUT2D eigenvalue weighted by Crippen LogP contribution is -2.19. The van der Waals surface area contributed by atoms with Crippen LogP contribution >= 0.6 is 23.1 Å². The second-order valence-electron chi connectivity index (χ2n) is 6.62. The summed E-state index contributed by atoms with van der Waals surface area (Å²) in [6.45, 7) is 2.45. The Balaban J connectivity index is 1.54. The fourth-order valence-corrected chi connectivity index (χ4v) is 4.79. The molecule has 1 amide bonds. The van der Waals surface area contributed by atoms with Gasteiger partial charge in [-0.2, -0.15) is 0 Å². The van der Waals surface area contributed by atoms with E-state index < -0.39 is 5.25 Å². The highest BCUT2D eigenvalue weighted by molar-refractivity contribution is 8.02. The molecule has 0 aliphatic heterocycles. The van der Waals surface area contributed by atoms with Gasteiger partial charge in [0.05, 0.1) is 12.3 Å². The minimum atomic E-state index is -0.451. The lowest BCUT2D eigenvalue weighted by molar-refractivity contribution is -0.115. The highest BCUT2D eigenvalue weighted by Crippen LogP contribution is 2.40. The van der Waals surface area contributed by atoms with Crippen LogP contribution in [0.3, 0.4) is 0 Å². The number of rotatable bonds is 9. The average molecular weight is 427 g/mol. The molecule has 0 radical (unpaired) electrons. The van der Waals surface area contributed by atoms with E-state index in [-0.39, 0.29) is 5.91 Å². The Morgan fingerprint density at radius 1 is 1.17 bits per heavy atom. The molecule has 6 nitrogen and oxygen atoms in total. The number of carbonyl (C=O) groups is 1. The minimum absolute atomic E-state index is 0.125. The molecule has 0 spiro atoms. The Bertz CT molecular complexity index is 960. The van der Waals surface area contributed by atoms with Crippen LogP contribution in [-0.2, 0) is 4.79 Å². The molecule has 150 valence electrons. The van der Waals surface area contributed by atoms with Gasteiger partial charge in [-0.3, -0.25) is 4.79 Å². The van der Waals surface area contributed by atoms with Crippen LogP contribution in [0.25, 0.3) is 0 Å². The first kappa shape index (κ1) is 19.7. The van der Waals surface area contributed by atoms with E-state index in [1.54, 1.807) is 0 Å². The second-order valence-corrected chi connectivity index (χ2v) is 8.95. The van der Waals surface area contributed by atoms with Gasteiger partial charge < -0.3 is 15.4 Å². The molecule has 1 fully saturated rings. The van der Waals surface area contributed by atoms with E-state index in [2.05, 4.69) is 20.8 Å². The van der Waals surface area contributed by atoms with Crippen molar-refractivity contribution in [2.75, 3.05) is 17.2 Å². The van der Waals surface area contributed by atoms with Crippen molar-refractivity contribution >= 4 is 39.8 Å². The van der Waals surface area contributed by atoms with E-state index in [0.29, 0.717) is 24.1 Å². The number of hydrogen-bond donors (Lipinski definition) is 2. The average Bonchev–Trinajstić information content (AvgIpc) is 3.45. The number of nitrogens with zero attached hydrogens (tertiary/aromatic N) is 2. The molecule has 1 aliphatic carbocycles. The molecule has 1 unspecified atom stereocenters. The third-order valence-corrected chi connectivity index (χ3v) is 6.51. The summed E-state index contributed by atoms with van der Waals surface area (Å²) in [7, 11) is 0. The smallest absolute Gasteiger partial charge is 0.242 e. The minimum Gasteiger partial charge on any atom is -0.492 e. The standard InChI is InChI=1S/C21H22N4O2S2/c1-2-27-17-11-7-6-10-16(17)23-19(26)18(14-8-4-3-5-9-14)28-21-25-24-20(29-21)22-15-12-13-15/h3-11,15,18H,2,12-13H2,1H3,(H,22,24)(H,23,26). The van der Waals surface area contributed by atoms with E-state index in [1.165, 1.54) is 35.9 Å². The maximum Gasteiger partial charge on any atom is 0.242 e. The van der Waals surface area contributed by atoms with Crippen LogP contribution in [0.1, 0.15) is 30.6 Å². The van der Waals surface area contributed by atoms with Gasteiger partial charge in [-0.1, -0.05) is 65.6 Å². The van der Waals surface area contributed by atoms with Crippen LogP contribution in [0, 0.1) is 0 Å². The van der Waals surface area contributed by atoms with Gasteiger partial charge in [-0.25, -0.2) is 0 Å². The third-order valence-electron chi connectivity index (χ3n) is 4.32. The zero-order valence-corrected chi connectivity index (χ0v) is 17.6. The van der Waals surface area contributed by atoms with Crippen molar-refractivity contribution in [1.82, 2.24) is 10.2 Å². The number of carbonyl (C=O) groups excluding carboxylic acids is 1. The summed E-state index contributed by atoms with van der Waals surface area (Å²) >= 11 is 2.89. The first-order valence-corrected chi connectivity index (χ1v) is 11.3. The van der Waals surface area contributed by atoms with E-state index in [1.807, 2.05) is 61.5 Å². The molecule has 8 heteroatoms. The second kappa shape index (κ2) is 9.28. The predicted octanol–water partition coefficient (Wildman–Crippen LogP) is 4.98. The van der Waals surface area contributed by atoms with E-state index in [0.717, 1.165) is 15.0 Å². The van der Waals surface area contributed by atoms with Crippen molar-refractivity contribution in [3.8, 4) is 5.75 Å². The van der Waals surface area contributed by atoms with Crippen LogP contribution in [0.2, 0.25) is 0 Å². The summed E-state index contributed by atoms with van der Waals surface area (Å²) < 4.78 is 6.40. The lowest BCUT2D eigenvalue weighted by atomic mass is 10.1. The van der Waals surface area contributed by atoms with Gasteiger partial charge in [-0.15, -0.1) is 10.2 Å². The van der Waals surface area contributed by atoms with Crippen molar-refractivity contribution in [2.45, 2.75) is 35.4 Å². The first-order valence-electron chi connectivity index (χ1n) is 9.57. The highest BCUT2D eigenvalue weighted by Gasteiger charge is 2.26. The summed E-state index contributed by atoms with van der Waals surface area (Å²) in [6.07, 6.45) is 2.35. The number of benzene rings is 2. The SMILES string of the molecule is CCOc1ccccc1NC(=O)C(Sc1nnc(NC2CC2)s1)c1ccccc1. The van der Waals surface area contributed by atoms with Crippen LogP contribution in [-0.4, -0.2) is 28.8 Å². The van der Waals surface area contributed by atoms with Crippen molar-refractivity contribution in [3.05, 3.63) is 60.2 Å². The van der Waals surface area contributed by atoms with Gasteiger partial charge in [0.15, 0.2) is 4.34 Å². The summed E-state index contributed by atoms with van der Waals surface area (Å²) in [5.41, 5.74) is 1.57. The fraction of sp³-hybridized carbons (Fsp3) is 0.286. The highest BCUT2D eigenvalue weighted by atomic mass is 32.2. The van der Waals surface area contributed by atoms with Gasteiger partial charge in [0.25, 0.3) is 0 Å². The summed E-state index contributed by atoms with van der Waals surface area (Å²) in [6, 6.07) is 17.7. The zero-order valence-electron chi connectivity index (χ0n) is 16.0. The molecule has 1 heterocycles. The lowest BCUT2D eigenvalue weighted by Gasteiger charge is -2.17. The monoisotopic (exact) mass is 426 g/mol. The van der Waals surface area contributed by atoms with E-state index in [4.69, 9.17) is 4.74 Å². The summed E-state index contributed by atoms with van der Waals surface area (Å²) in [5, 5.41) is 15.2. The predicted molar refractivity (Wildman–Crippen MR) is 118 cm³/mol. The van der Waals surface area contributed by atoms with Crippen LogP contribution in [0.5, 0.6) is 5.75 Å². The molecule has 0 saturated heterocycles. The number of thioether (sulfide) groups is 1. The largest absolute Gasteiger partial charge is 0.492 e. The number of amides is 1. The Labute approximate surface area is 178 Å². The topological polar surface area (TPSA) is 76.1 Å². The molecule has 1 atom stereocenters. The van der Waals surface area contributed by atoms with Crippen molar-refractivity contribution in [2.24, 2.45) is 0 Å². The zero-order chi connectivity index (χ0) is 20.1. The number of ether oxygens (including phenoxy) is 1. The molecule has 0 bridgehead atoms. The normalized spacial score (nSPS) is 14.2. The molecule has 29 heavy (non-hydrogen) atoms. The number of nitrogens with one attached hydrogen (secondary N) is 2. The van der Waals surface area contributed by atoms with E-state index >= 15 is 0 Å². The van der Waals surface area contributed by atoms with Crippen LogP contribution in [0.4, 0.5) is 10.8 Å². The van der Waals surface area contributed by atoms with Crippen molar-refractivity contribution < 1.29 is 9.53 Å². The van der Waals surface area contributed by atoms with Gasteiger partial charge in [0.1, 0.15) is 11.0 Å². The quantitative estimate of drug-likeness (QED) is 0.470. The fourth-order valence-electron chi connectivity index (χ4n) is 2.77. The third kappa shape index (κ3) is 5.27. The summed E-state index contributed by atoms with van der Waals surface area (Å²) in [4.78, 5) is 13.2. The van der Waals surface area contributed by atoms with Crippen LogP contribution < -0.4 is 15.4 Å². The Morgan fingerprint density at radius 2 is 1.93 bits per heavy atom.